The van der Waals surface area contributed by atoms with E-state index < -0.39 is 0 Å². The largest absolute Gasteiger partial charge is 0.381 e. The molecule has 1 saturated heterocycles. The van der Waals surface area contributed by atoms with Crippen LogP contribution in [0.2, 0.25) is 0 Å². The van der Waals surface area contributed by atoms with Crippen LogP contribution in [0.15, 0.2) is 29.4 Å². The van der Waals surface area contributed by atoms with Crippen molar-refractivity contribution in [3.63, 3.8) is 0 Å². The van der Waals surface area contributed by atoms with E-state index in [0.717, 1.165) is 64.7 Å². The molecule has 3 rings (SSSR count). The highest BCUT2D eigenvalue weighted by Crippen LogP contribution is 2.22. The highest BCUT2D eigenvalue weighted by atomic mass is 16.5. The highest BCUT2D eigenvalue weighted by molar-refractivity contribution is 5.86. The van der Waals surface area contributed by atoms with Crippen LogP contribution < -0.4 is 10.6 Å². The van der Waals surface area contributed by atoms with Crippen molar-refractivity contribution in [2.75, 3.05) is 46.6 Å². The van der Waals surface area contributed by atoms with Gasteiger partial charge in [0, 0.05) is 56.4 Å². The van der Waals surface area contributed by atoms with E-state index in [1.165, 1.54) is 22.0 Å². The van der Waals surface area contributed by atoms with E-state index in [-0.39, 0.29) is 0 Å². The molecule has 27 heavy (non-hydrogen) atoms. The predicted octanol–water partition coefficient (Wildman–Crippen LogP) is 2.63. The predicted molar refractivity (Wildman–Crippen MR) is 110 cm³/mol. The summed E-state index contributed by atoms with van der Waals surface area (Å²) in [5, 5.41) is 8.09. The van der Waals surface area contributed by atoms with E-state index >= 15 is 0 Å². The summed E-state index contributed by atoms with van der Waals surface area (Å²) in [7, 11) is 1.81. The van der Waals surface area contributed by atoms with Gasteiger partial charge < -0.3 is 25.1 Å². The van der Waals surface area contributed by atoms with Crippen molar-refractivity contribution >= 4 is 16.9 Å². The van der Waals surface area contributed by atoms with E-state index in [2.05, 4.69) is 51.9 Å². The van der Waals surface area contributed by atoms with Gasteiger partial charge in [0.2, 0.25) is 0 Å². The van der Waals surface area contributed by atoms with Gasteiger partial charge in [-0.15, -0.1) is 0 Å². The molecule has 2 heterocycles. The number of fused-ring (bicyclic) bond motifs is 1. The summed E-state index contributed by atoms with van der Waals surface area (Å²) in [6.45, 7) is 7.19. The zero-order valence-corrected chi connectivity index (χ0v) is 16.5. The lowest BCUT2D eigenvalue weighted by molar-refractivity contribution is 0.0888. The molecule has 3 N–H and O–H groups in total. The molecule has 1 fully saturated rings. The van der Waals surface area contributed by atoms with Gasteiger partial charge in [-0.05, 0) is 43.4 Å². The maximum Gasteiger partial charge on any atom is 0.190 e. The number of nitrogens with one attached hydrogen (secondary N) is 3. The summed E-state index contributed by atoms with van der Waals surface area (Å²) >= 11 is 0. The summed E-state index contributed by atoms with van der Waals surface area (Å²) in [5.41, 5.74) is 3.86. The van der Waals surface area contributed by atoms with Crippen molar-refractivity contribution < 1.29 is 9.47 Å². The Morgan fingerprint density at radius 2 is 2.22 bits per heavy atom. The first-order chi connectivity index (χ1) is 13.3. The molecule has 1 aliphatic rings. The molecule has 6 heteroatoms. The second kappa shape index (κ2) is 10.3. The first kappa shape index (κ1) is 19.7. The van der Waals surface area contributed by atoms with Crippen LogP contribution in [0.25, 0.3) is 10.9 Å². The smallest absolute Gasteiger partial charge is 0.190 e. The van der Waals surface area contributed by atoms with Crippen LogP contribution in [0.4, 0.5) is 0 Å². The molecule has 0 spiro atoms. The average Bonchev–Trinajstić information content (AvgIpc) is 3.33. The maximum absolute atomic E-state index is 5.73. The number of hydrogen-bond acceptors (Lipinski definition) is 3. The summed E-state index contributed by atoms with van der Waals surface area (Å²) < 4.78 is 11.1. The molecule has 0 aliphatic carbocycles. The minimum Gasteiger partial charge on any atom is -0.381 e. The fourth-order valence-electron chi connectivity index (χ4n) is 3.53. The van der Waals surface area contributed by atoms with Gasteiger partial charge >= 0.3 is 0 Å². The van der Waals surface area contributed by atoms with Gasteiger partial charge in [0.15, 0.2) is 5.96 Å². The van der Waals surface area contributed by atoms with Crippen LogP contribution in [0.1, 0.15) is 24.0 Å². The third-order valence-electron chi connectivity index (χ3n) is 5.04. The molecule has 1 atom stereocenters. The highest BCUT2D eigenvalue weighted by Gasteiger charge is 2.15. The molecular weight excluding hydrogens is 340 g/mol. The number of aromatic nitrogens is 1. The normalized spacial score (nSPS) is 17.6. The van der Waals surface area contributed by atoms with Crippen LogP contribution >= 0.6 is 0 Å². The Morgan fingerprint density at radius 3 is 3.04 bits per heavy atom. The SMILES string of the molecule is CN=C(NCCCOCC1CCOC1)NCCc1c[nH]c2cccc(C)c12. The summed E-state index contributed by atoms with van der Waals surface area (Å²) in [6.07, 6.45) is 5.17. The van der Waals surface area contributed by atoms with E-state index in [9.17, 15) is 0 Å². The Balaban J connectivity index is 1.32. The number of nitrogens with zero attached hydrogens (tertiary/aromatic N) is 1. The number of H-pyrrole nitrogens is 1. The van der Waals surface area contributed by atoms with Crippen LogP contribution in [-0.2, 0) is 15.9 Å². The molecule has 1 unspecified atom stereocenters. The van der Waals surface area contributed by atoms with Crippen LogP contribution in [0.5, 0.6) is 0 Å². The van der Waals surface area contributed by atoms with Crippen LogP contribution in [0.3, 0.4) is 0 Å². The first-order valence-electron chi connectivity index (χ1n) is 9.93. The van der Waals surface area contributed by atoms with Gasteiger partial charge in [-0.3, -0.25) is 4.99 Å². The van der Waals surface area contributed by atoms with Gasteiger partial charge in [0.25, 0.3) is 0 Å². The van der Waals surface area contributed by atoms with Crippen molar-refractivity contribution in [3.8, 4) is 0 Å². The van der Waals surface area contributed by atoms with E-state index in [4.69, 9.17) is 9.47 Å². The Hall–Kier alpha value is -2.05. The summed E-state index contributed by atoms with van der Waals surface area (Å²) in [5.74, 6) is 1.43. The molecule has 0 saturated carbocycles. The van der Waals surface area contributed by atoms with Gasteiger partial charge in [0.1, 0.15) is 0 Å². The van der Waals surface area contributed by atoms with Crippen molar-refractivity contribution in [2.24, 2.45) is 10.9 Å². The number of guanidine groups is 1. The molecule has 1 aromatic carbocycles. The molecule has 6 nitrogen and oxygen atoms in total. The lowest BCUT2D eigenvalue weighted by atomic mass is 10.1. The zero-order valence-electron chi connectivity index (χ0n) is 16.5. The molecule has 1 aromatic heterocycles. The summed E-state index contributed by atoms with van der Waals surface area (Å²) in [6, 6.07) is 6.38. The van der Waals surface area contributed by atoms with Gasteiger partial charge in [-0.1, -0.05) is 12.1 Å². The Kier molecular flexibility index (Phi) is 7.54. The van der Waals surface area contributed by atoms with Gasteiger partial charge in [0.05, 0.1) is 13.2 Å². The molecule has 0 amide bonds. The summed E-state index contributed by atoms with van der Waals surface area (Å²) in [4.78, 5) is 7.66. The second-order valence-corrected chi connectivity index (χ2v) is 7.15. The van der Waals surface area contributed by atoms with Gasteiger partial charge in [-0.25, -0.2) is 0 Å². The lowest BCUT2D eigenvalue weighted by Crippen LogP contribution is -2.39. The topological polar surface area (TPSA) is 70.7 Å². The first-order valence-corrected chi connectivity index (χ1v) is 9.93. The maximum atomic E-state index is 5.73. The van der Waals surface area contributed by atoms with Crippen molar-refractivity contribution in [1.82, 2.24) is 15.6 Å². The number of aliphatic imine (C=N–C) groups is 1. The third kappa shape index (κ3) is 5.71. The number of aryl methyl sites for hydroxylation is 1. The molecular formula is C21H32N4O2. The van der Waals surface area contributed by atoms with Crippen molar-refractivity contribution in [3.05, 3.63) is 35.5 Å². The van der Waals surface area contributed by atoms with E-state index in [1.807, 2.05) is 7.05 Å². The molecule has 1 aliphatic heterocycles. The second-order valence-electron chi connectivity index (χ2n) is 7.15. The monoisotopic (exact) mass is 372 g/mol. The fraction of sp³-hybridized carbons (Fsp3) is 0.571. The Labute approximate surface area is 161 Å². The van der Waals surface area contributed by atoms with E-state index in [0.29, 0.717) is 5.92 Å². The third-order valence-corrected chi connectivity index (χ3v) is 5.04. The number of aromatic amines is 1. The van der Waals surface area contributed by atoms with Crippen LogP contribution in [-0.4, -0.2) is 57.5 Å². The quantitative estimate of drug-likeness (QED) is 0.359. The number of rotatable bonds is 9. The van der Waals surface area contributed by atoms with Gasteiger partial charge in [-0.2, -0.15) is 0 Å². The van der Waals surface area contributed by atoms with E-state index in [1.54, 1.807) is 0 Å². The lowest BCUT2D eigenvalue weighted by Gasteiger charge is -2.12. The molecule has 148 valence electrons. The van der Waals surface area contributed by atoms with Crippen molar-refractivity contribution in [2.45, 2.75) is 26.2 Å². The minimum atomic E-state index is 0.584. The minimum absolute atomic E-state index is 0.584. The fourth-order valence-corrected chi connectivity index (χ4v) is 3.53. The van der Waals surface area contributed by atoms with Crippen LogP contribution in [0, 0.1) is 12.8 Å². The average molecular weight is 373 g/mol. The number of benzene rings is 1. The number of ether oxygens (including phenoxy) is 2. The van der Waals surface area contributed by atoms with Crippen molar-refractivity contribution in [1.29, 1.82) is 0 Å². The molecule has 0 bridgehead atoms. The zero-order chi connectivity index (χ0) is 18.9. The molecule has 2 aromatic rings. The standard InChI is InChI=1S/C21H32N4O2/c1-16-5-3-6-19-20(16)18(13-25-19)7-10-24-21(22-2)23-9-4-11-26-14-17-8-12-27-15-17/h3,5-6,13,17,25H,4,7-12,14-15H2,1-2H3,(H2,22,23,24). The Morgan fingerprint density at radius 1 is 1.33 bits per heavy atom. The molecule has 0 radical (unpaired) electrons. The Bertz CT molecular complexity index is 735. The number of hydrogen-bond donors (Lipinski definition) is 3.